The first-order valence-corrected chi connectivity index (χ1v) is 13.6. The second-order valence-corrected chi connectivity index (χ2v) is 11.8. The Balaban J connectivity index is 1.59. The molecule has 0 amide bonds. The van der Waals surface area contributed by atoms with E-state index in [0.717, 1.165) is 11.1 Å². The molecule has 0 aromatic carbocycles. The van der Waals surface area contributed by atoms with Crippen molar-refractivity contribution in [3.63, 3.8) is 0 Å². The van der Waals surface area contributed by atoms with E-state index in [4.69, 9.17) is 23.4 Å². The summed E-state index contributed by atoms with van der Waals surface area (Å²) in [6.45, 7) is 9.06. The van der Waals surface area contributed by atoms with Crippen LogP contribution in [0.25, 0.3) is 0 Å². The molecule has 9 heteroatoms. The highest BCUT2D eigenvalue weighted by molar-refractivity contribution is 5.89. The Morgan fingerprint density at radius 2 is 1.92 bits per heavy atom. The minimum atomic E-state index is -1.04. The van der Waals surface area contributed by atoms with Gasteiger partial charge in [0.2, 0.25) is 0 Å². The van der Waals surface area contributed by atoms with Crippen molar-refractivity contribution < 1.29 is 42.5 Å². The molecule has 8 atom stereocenters. The highest BCUT2D eigenvalue weighted by atomic mass is 16.6. The van der Waals surface area contributed by atoms with Gasteiger partial charge in [-0.15, -0.1) is 0 Å². The second kappa shape index (κ2) is 9.99. The van der Waals surface area contributed by atoms with Crippen LogP contribution in [0, 0.1) is 28.6 Å². The van der Waals surface area contributed by atoms with Crippen LogP contribution < -0.4 is 0 Å². The van der Waals surface area contributed by atoms with Crippen LogP contribution in [0.5, 0.6) is 0 Å². The summed E-state index contributed by atoms with van der Waals surface area (Å²) in [7, 11) is 0. The maximum Gasteiger partial charge on any atom is 0.333 e. The van der Waals surface area contributed by atoms with Crippen molar-refractivity contribution in [1.29, 1.82) is 0 Å². The molecular weight excluding hydrogens is 504 g/mol. The van der Waals surface area contributed by atoms with Crippen LogP contribution in [0.2, 0.25) is 0 Å². The van der Waals surface area contributed by atoms with E-state index >= 15 is 0 Å². The van der Waals surface area contributed by atoms with E-state index in [1.807, 2.05) is 6.92 Å². The molecule has 3 heterocycles. The van der Waals surface area contributed by atoms with E-state index in [1.165, 1.54) is 6.08 Å². The van der Waals surface area contributed by atoms with Gasteiger partial charge in [0.1, 0.15) is 18.1 Å². The van der Waals surface area contributed by atoms with Gasteiger partial charge >= 0.3 is 23.9 Å². The SMILES string of the molecule is C/C=C(/C)C(=O)O[C@@H]1[C@@H](OC(=O)C=C(C)C)C[C@H]2[C@]3(CC[C@@H](C)[C@]24C[C@H](c2ccoc2)OC4=O)COC(=O)[C@H]13. The minimum Gasteiger partial charge on any atom is -0.472 e. The molecular formula is C30H36O9. The molecule has 0 unspecified atom stereocenters. The molecule has 4 fully saturated rings. The van der Waals surface area contributed by atoms with Crippen LogP contribution in [0.3, 0.4) is 0 Å². The molecule has 1 aromatic heterocycles. The van der Waals surface area contributed by atoms with Gasteiger partial charge < -0.3 is 23.4 Å². The lowest BCUT2D eigenvalue weighted by Gasteiger charge is -2.58. The zero-order valence-corrected chi connectivity index (χ0v) is 23.1. The van der Waals surface area contributed by atoms with Crippen molar-refractivity contribution in [2.24, 2.45) is 28.6 Å². The molecule has 1 aromatic rings. The summed E-state index contributed by atoms with van der Waals surface area (Å²) < 4.78 is 28.8. The molecule has 2 saturated heterocycles. The number of ether oxygens (including phenoxy) is 4. The van der Waals surface area contributed by atoms with Crippen molar-refractivity contribution in [3.8, 4) is 0 Å². The van der Waals surface area contributed by atoms with Gasteiger partial charge in [-0.25, -0.2) is 9.59 Å². The first kappa shape index (κ1) is 27.2. The summed E-state index contributed by atoms with van der Waals surface area (Å²) in [6, 6.07) is 1.79. The predicted molar refractivity (Wildman–Crippen MR) is 137 cm³/mol. The monoisotopic (exact) mass is 540 g/mol. The molecule has 39 heavy (non-hydrogen) atoms. The predicted octanol–water partition coefficient (Wildman–Crippen LogP) is 4.62. The summed E-state index contributed by atoms with van der Waals surface area (Å²) in [5, 5.41) is 0. The zero-order valence-electron chi connectivity index (χ0n) is 23.1. The molecule has 0 radical (unpaired) electrons. The van der Waals surface area contributed by atoms with Crippen LogP contribution in [-0.4, -0.2) is 42.7 Å². The van der Waals surface area contributed by atoms with Crippen molar-refractivity contribution in [1.82, 2.24) is 0 Å². The van der Waals surface area contributed by atoms with E-state index in [2.05, 4.69) is 0 Å². The fraction of sp³-hybridized carbons (Fsp3) is 0.600. The number of furan rings is 1. The maximum absolute atomic E-state index is 13.9. The van der Waals surface area contributed by atoms with E-state index in [-0.39, 0.29) is 24.9 Å². The molecule has 2 spiro atoms. The Hall–Kier alpha value is -3.36. The first-order valence-electron chi connectivity index (χ1n) is 13.6. The number of esters is 4. The Labute approximate surface area is 227 Å². The Bertz CT molecular complexity index is 1220. The Morgan fingerprint density at radius 1 is 1.15 bits per heavy atom. The van der Waals surface area contributed by atoms with Crippen LogP contribution in [0.4, 0.5) is 0 Å². The number of carbonyl (C=O) groups is 4. The van der Waals surface area contributed by atoms with E-state index in [0.29, 0.717) is 24.8 Å². The fourth-order valence-electron chi connectivity index (χ4n) is 7.44. The van der Waals surface area contributed by atoms with Gasteiger partial charge in [-0.05, 0) is 64.9 Å². The zero-order chi connectivity index (χ0) is 28.1. The number of rotatable bonds is 5. The van der Waals surface area contributed by atoms with Gasteiger partial charge in [-0.2, -0.15) is 0 Å². The standard InChI is InChI=1S/C30H36O9/c1-6-17(4)26(32)39-25-20(37-23(31)11-16(2)3)12-22-29(15-36-27(33)24(25)29)9-7-18(5)30(22)13-21(38-28(30)34)19-8-10-35-14-19/h6,8,10-11,14,18,20-22,24-25H,7,9,12-13,15H2,1-5H3/b17-6-/t18-,20+,21-,22+,24+,25-,29+,30-/m1/s1. The highest BCUT2D eigenvalue weighted by Gasteiger charge is 2.74. The average Bonchev–Trinajstić information content (AvgIpc) is 3.61. The van der Waals surface area contributed by atoms with Crippen LogP contribution in [0.1, 0.15) is 72.0 Å². The number of hydrogen-bond acceptors (Lipinski definition) is 9. The largest absolute Gasteiger partial charge is 0.472 e. The number of carbonyl (C=O) groups excluding carboxylic acids is 4. The molecule has 5 rings (SSSR count). The smallest absolute Gasteiger partial charge is 0.333 e. The number of allylic oxidation sites excluding steroid dienone is 2. The topological polar surface area (TPSA) is 118 Å². The molecule has 9 nitrogen and oxygen atoms in total. The molecule has 0 bridgehead atoms. The average molecular weight is 541 g/mol. The lowest BCUT2D eigenvalue weighted by Crippen LogP contribution is -2.64. The third-order valence-electron chi connectivity index (χ3n) is 9.50. The second-order valence-electron chi connectivity index (χ2n) is 11.8. The number of fused-ring (bicyclic) bond motifs is 1. The Kier molecular flexibility index (Phi) is 6.97. The van der Waals surface area contributed by atoms with Crippen LogP contribution in [-0.2, 0) is 38.1 Å². The molecule has 2 aliphatic carbocycles. The summed E-state index contributed by atoms with van der Waals surface area (Å²) in [6.07, 6.45) is 5.59. The van der Waals surface area contributed by atoms with Crippen molar-refractivity contribution in [2.75, 3.05) is 6.61 Å². The van der Waals surface area contributed by atoms with E-state index < -0.39 is 58.9 Å². The lowest BCUT2D eigenvalue weighted by molar-refractivity contribution is -0.210. The summed E-state index contributed by atoms with van der Waals surface area (Å²) >= 11 is 0. The molecule has 2 aliphatic heterocycles. The van der Waals surface area contributed by atoms with Crippen molar-refractivity contribution in [3.05, 3.63) is 47.5 Å². The van der Waals surface area contributed by atoms with Crippen molar-refractivity contribution >= 4 is 23.9 Å². The normalized spacial score (nSPS) is 37.4. The van der Waals surface area contributed by atoms with Crippen LogP contribution >= 0.6 is 0 Å². The lowest BCUT2D eigenvalue weighted by atomic mass is 9.43. The molecule has 4 aliphatic rings. The molecule has 2 saturated carbocycles. The highest BCUT2D eigenvalue weighted by Crippen LogP contribution is 2.68. The third-order valence-corrected chi connectivity index (χ3v) is 9.50. The fourth-order valence-corrected chi connectivity index (χ4v) is 7.44. The van der Waals surface area contributed by atoms with E-state index in [1.54, 1.807) is 52.4 Å². The van der Waals surface area contributed by atoms with Gasteiger partial charge in [-0.3, -0.25) is 9.59 Å². The first-order chi connectivity index (χ1) is 18.5. The van der Waals surface area contributed by atoms with Gasteiger partial charge in [-0.1, -0.05) is 18.6 Å². The molecule has 0 N–H and O–H groups in total. The third kappa shape index (κ3) is 4.30. The van der Waals surface area contributed by atoms with E-state index in [9.17, 15) is 19.2 Å². The van der Waals surface area contributed by atoms with Gasteiger partial charge in [0.25, 0.3) is 0 Å². The quantitative estimate of drug-likeness (QED) is 0.299. The van der Waals surface area contributed by atoms with Gasteiger partial charge in [0, 0.05) is 29.0 Å². The Morgan fingerprint density at radius 3 is 2.59 bits per heavy atom. The molecule has 210 valence electrons. The maximum atomic E-state index is 13.9. The number of cyclic esters (lactones) is 2. The summed E-state index contributed by atoms with van der Waals surface area (Å²) in [4.78, 5) is 53.1. The van der Waals surface area contributed by atoms with Gasteiger partial charge in [0.05, 0.1) is 24.5 Å². The summed E-state index contributed by atoms with van der Waals surface area (Å²) in [5.41, 5.74) is 0.208. The van der Waals surface area contributed by atoms with Gasteiger partial charge in [0.15, 0.2) is 6.10 Å². The number of hydrogen-bond donors (Lipinski definition) is 0. The minimum absolute atomic E-state index is 0.0487. The van der Waals surface area contributed by atoms with Crippen molar-refractivity contribution in [2.45, 2.75) is 78.6 Å². The van der Waals surface area contributed by atoms with Crippen LogP contribution in [0.15, 0.2) is 46.3 Å². The summed E-state index contributed by atoms with van der Waals surface area (Å²) in [5.74, 6) is -3.31.